The Morgan fingerprint density at radius 2 is 1.78 bits per heavy atom. The highest BCUT2D eigenvalue weighted by Crippen LogP contribution is 2.39. The fourth-order valence-corrected chi connectivity index (χ4v) is 4.25. The van der Waals surface area contributed by atoms with E-state index in [0.717, 1.165) is 24.0 Å². The maximum atomic E-state index is 12.4. The van der Waals surface area contributed by atoms with Gasteiger partial charge in [0.05, 0.1) is 5.92 Å². The molecule has 0 aromatic rings. The third-order valence-electron chi connectivity index (χ3n) is 6.08. The van der Waals surface area contributed by atoms with Crippen molar-refractivity contribution < 1.29 is 38.8 Å². The monoisotopic (exact) mass is 450 g/mol. The molecule has 2 rings (SSSR count). The number of aliphatic hydroxyl groups is 2. The molecular weight excluding hydrogens is 416 g/mol. The fraction of sp³-hybridized carbons (Fsp3) is 0.625. The highest BCUT2D eigenvalue weighted by molar-refractivity contribution is 5.91. The van der Waals surface area contributed by atoms with Gasteiger partial charge in [-0.1, -0.05) is 29.9 Å². The van der Waals surface area contributed by atoms with Crippen molar-refractivity contribution in [1.82, 2.24) is 0 Å². The maximum Gasteiger partial charge on any atom is 0.334 e. The van der Waals surface area contributed by atoms with Crippen molar-refractivity contribution in [3.8, 4) is 0 Å². The van der Waals surface area contributed by atoms with Crippen molar-refractivity contribution in [1.29, 1.82) is 0 Å². The largest absolute Gasteiger partial charge is 0.461 e. The Balaban J connectivity index is 2.57. The standard InChI is InChI=1S/C24H34O8/c1-13-8-7-9-14(2)12-18(30-16(4)25)20-15(3)23(28)32-21(20)22(27)24(6,29)19(11-10-13)31-17(5)26/h9-10,18-22,27,29H,3,7-8,11-12H2,1-2,4-6H3/b13-10+,14-9+/t18-,19-,20-,21+,22+,24+/m1/s1. The zero-order chi connectivity index (χ0) is 24.2. The molecule has 0 radical (unpaired) electrons. The number of carbonyl (C=O) groups excluding carboxylic acids is 3. The number of ether oxygens (including phenoxy) is 3. The molecule has 1 heterocycles. The molecule has 0 unspecified atom stereocenters. The van der Waals surface area contributed by atoms with Crippen molar-refractivity contribution in [2.45, 2.75) is 90.3 Å². The third kappa shape index (κ3) is 6.07. The molecule has 0 spiro atoms. The summed E-state index contributed by atoms with van der Waals surface area (Å²) in [5, 5.41) is 22.5. The molecule has 0 bridgehead atoms. The first kappa shape index (κ1) is 25.8. The molecule has 0 amide bonds. The summed E-state index contributed by atoms with van der Waals surface area (Å²) in [4.78, 5) is 35.9. The average Bonchev–Trinajstić information content (AvgIpc) is 2.97. The molecule has 2 N–H and O–H groups in total. The topological polar surface area (TPSA) is 119 Å². The molecule has 8 nitrogen and oxygen atoms in total. The second kappa shape index (κ2) is 10.4. The number of hydrogen-bond donors (Lipinski definition) is 2. The Morgan fingerprint density at radius 1 is 1.16 bits per heavy atom. The SMILES string of the molecule is C=C1C(=O)O[C@H]2[C@H]1[C@H](OC(C)=O)C/C(C)=C/CC/C(C)=C/C[C@@H](OC(C)=O)[C@](C)(O)[C@H]2O. The van der Waals surface area contributed by atoms with E-state index in [9.17, 15) is 24.6 Å². The zero-order valence-corrected chi connectivity index (χ0v) is 19.4. The van der Waals surface area contributed by atoms with Crippen molar-refractivity contribution in [3.05, 3.63) is 35.5 Å². The maximum absolute atomic E-state index is 12.4. The van der Waals surface area contributed by atoms with E-state index in [-0.39, 0.29) is 12.0 Å². The lowest BCUT2D eigenvalue weighted by Crippen LogP contribution is -2.58. The first-order valence-corrected chi connectivity index (χ1v) is 10.8. The zero-order valence-electron chi connectivity index (χ0n) is 19.4. The molecular formula is C24H34O8. The second-order valence-corrected chi connectivity index (χ2v) is 8.92. The summed E-state index contributed by atoms with van der Waals surface area (Å²) in [7, 11) is 0. The molecule has 6 atom stereocenters. The molecule has 1 fully saturated rings. The van der Waals surface area contributed by atoms with E-state index in [1.807, 2.05) is 26.0 Å². The minimum Gasteiger partial charge on any atom is -0.461 e. The van der Waals surface area contributed by atoms with Crippen LogP contribution in [0.4, 0.5) is 0 Å². The van der Waals surface area contributed by atoms with Crippen molar-refractivity contribution in [2.75, 3.05) is 0 Å². The van der Waals surface area contributed by atoms with Gasteiger partial charge in [-0.05, 0) is 33.6 Å². The van der Waals surface area contributed by atoms with E-state index in [0.29, 0.717) is 6.42 Å². The van der Waals surface area contributed by atoms with Gasteiger partial charge in [0.25, 0.3) is 0 Å². The minimum atomic E-state index is -1.97. The number of fused-ring (bicyclic) bond motifs is 1. The van der Waals surface area contributed by atoms with E-state index >= 15 is 0 Å². The summed E-state index contributed by atoms with van der Waals surface area (Å²) >= 11 is 0. The van der Waals surface area contributed by atoms with Gasteiger partial charge in [-0.15, -0.1) is 0 Å². The van der Waals surface area contributed by atoms with Crippen LogP contribution in [0.2, 0.25) is 0 Å². The van der Waals surface area contributed by atoms with Crippen LogP contribution in [0.1, 0.15) is 60.3 Å². The molecule has 178 valence electrons. The first-order chi connectivity index (χ1) is 14.8. The molecule has 1 aliphatic heterocycles. The van der Waals surface area contributed by atoms with Crippen LogP contribution in [0, 0.1) is 5.92 Å². The Hall–Kier alpha value is -2.45. The third-order valence-corrected chi connectivity index (χ3v) is 6.08. The second-order valence-electron chi connectivity index (χ2n) is 8.92. The van der Waals surface area contributed by atoms with Crippen LogP contribution >= 0.6 is 0 Å². The number of allylic oxidation sites excluding steroid dienone is 2. The summed E-state index contributed by atoms with van der Waals surface area (Å²) in [5.41, 5.74) is 0.0666. The number of aliphatic hydroxyl groups excluding tert-OH is 1. The van der Waals surface area contributed by atoms with Crippen LogP contribution in [0.5, 0.6) is 0 Å². The predicted molar refractivity (Wildman–Crippen MR) is 116 cm³/mol. The molecule has 1 saturated heterocycles. The molecule has 0 aromatic heterocycles. The lowest BCUT2D eigenvalue weighted by Gasteiger charge is -2.40. The molecule has 0 aromatic carbocycles. The highest BCUT2D eigenvalue weighted by Gasteiger charge is 2.55. The van der Waals surface area contributed by atoms with Crippen molar-refractivity contribution >= 4 is 17.9 Å². The summed E-state index contributed by atoms with van der Waals surface area (Å²) in [6.45, 7) is 11.4. The Morgan fingerprint density at radius 3 is 2.38 bits per heavy atom. The van der Waals surface area contributed by atoms with Crippen molar-refractivity contribution in [3.63, 3.8) is 0 Å². The molecule has 0 saturated carbocycles. The Labute approximate surface area is 188 Å². The average molecular weight is 451 g/mol. The summed E-state index contributed by atoms with van der Waals surface area (Å²) in [5.74, 6) is -2.78. The Kier molecular flexibility index (Phi) is 8.42. The lowest BCUT2D eigenvalue weighted by atomic mass is 9.78. The van der Waals surface area contributed by atoms with E-state index in [2.05, 4.69) is 6.58 Å². The number of rotatable bonds is 2. The number of esters is 3. The van der Waals surface area contributed by atoms with Gasteiger partial charge in [-0.3, -0.25) is 9.59 Å². The summed E-state index contributed by atoms with van der Waals surface area (Å²) in [6, 6.07) is 0. The van der Waals surface area contributed by atoms with Crippen molar-refractivity contribution in [2.24, 2.45) is 5.92 Å². The highest BCUT2D eigenvalue weighted by atomic mass is 16.6. The quantitative estimate of drug-likeness (QED) is 0.285. The van der Waals surface area contributed by atoms with E-state index < -0.39 is 53.8 Å². The minimum absolute atomic E-state index is 0.0516. The van der Waals surface area contributed by atoms with Crippen LogP contribution in [0.25, 0.3) is 0 Å². The molecule has 1 aliphatic carbocycles. The molecule has 2 aliphatic rings. The van der Waals surface area contributed by atoms with Gasteiger partial charge in [0, 0.05) is 32.3 Å². The summed E-state index contributed by atoms with van der Waals surface area (Å²) in [6.07, 6.45) is 1.05. The first-order valence-electron chi connectivity index (χ1n) is 10.8. The van der Waals surface area contributed by atoms with Gasteiger partial charge in [0.2, 0.25) is 0 Å². The summed E-state index contributed by atoms with van der Waals surface area (Å²) < 4.78 is 16.3. The van der Waals surface area contributed by atoms with E-state index in [4.69, 9.17) is 14.2 Å². The van der Waals surface area contributed by atoms with Crippen LogP contribution in [0.3, 0.4) is 0 Å². The fourth-order valence-electron chi connectivity index (χ4n) is 4.25. The van der Waals surface area contributed by atoms with Crippen LogP contribution in [0.15, 0.2) is 35.5 Å². The van der Waals surface area contributed by atoms with E-state index in [1.165, 1.54) is 20.8 Å². The van der Waals surface area contributed by atoms with Gasteiger partial charge in [-0.2, -0.15) is 0 Å². The lowest BCUT2D eigenvalue weighted by molar-refractivity contribution is -0.199. The smallest absolute Gasteiger partial charge is 0.334 e. The van der Waals surface area contributed by atoms with E-state index in [1.54, 1.807) is 0 Å². The predicted octanol–water partition coefficient (Wildman–Crippen LogP) is 2.53. The van der Waals surface area contributed by atoms with Crippen LogP contribution < -0.4 is 0 Å². The van der Waals surface area contributed by atoms with Gasteiger partial charge >= 0.3 is 17.9 Å². The van der Waals surface area contributed by atoms with Gasteiger partial charge in [0.1, 0.15) is 30.0 Å². The van der Waals surface area contributed by atoms with Crippen LogP contribution in [-0.4, -0.2) is 58.1 Å². The molecule has 32 heavy (non-hydrogen) atoms. The van der Waals surface area contributed by atoms with Gasteiger partial charge in [0.15, 0.2) is 0 Å². The number of hydrogen-bond acceptors (Lipinski definition) is 8. The van der Waals surface area contributed by atoms with Gasteiger partial charge in [-0.25, -0.2) is 4.79 Å². The normalized spacial score (nSPS) is 37.7. The Bertz CT molecular complexity index is 822. The van der Waals surface area contributed by atoms with Crippen LogP contribution in [-0.2, 0) is 28.6 Å². The number of carbonyl (C=O) groups is 3. The molecule has 8 heteroatoms. The van der Waals surface area contributed by atoms with Gasteiger partial charge < -0.3 is 24.4 Å².